The summed E-state index contributed by atoms with van der Waals surface area (Å²) in [5.74, 6) is 2.68. The van der Waals surface area contributed by atoms with E-state index in [1.165, 1.54) is 63.4 Å². The quantitative estimate of drug-likeness (QED) is 0.206. The van der Waals surface area contributed by atoms with E-state index in [4.69, 9.17) is 4.74 Å². The summed E-state index contributed by atoms with van der Waals surface area (Å²) >= 11 is 0. The van der Waals surface area contributed by atoms with Crippen molar-refractivity contribution >= 4 is 0 Å². The second-order valence-electron chi connectivity index (χ2n) is 8.48. The van der Waals surface area contributed by atoms with Gasteiger partial charge in [-0.3, -0.25) is 0 Å². The van der Waals surface area contributed by atoms with Crippen molar-refractivity contribution in [3.8, 4) is 0 Å². The Labute approximate surface area is 153 Å². The fourth-order valence-corrected chi connectivity index (χ4v) is 3.24. The van der Waals surface area contributed by atoms with Crippen LogP contribution < -0.4 is 0 Å². The zero-order valence-corrected chi connectivity index (χ0v) is 17.7. The van der Waals surface area contributed by atoms with E-state index in [1.54, 1.807) is 0 Å². The number of rotatable bonds is 16. The SMILES string of the molecule is CCCOC/C=C(\C)CCCC(C)CCCC(C)CCCC(C)C. The topological polar surface area (TPSA) is 9.23 Å². The Bertz CT molecular complexity index is 292. The molecule has 0 heterocycles. The summed E-state index contributed by atoms with van der Waals surface area (Å²) in [6, 6.07) is 0. The number of hydrogen-bond acceptors (Lipinski definition) is 1. The molecule has 0 saturated heterocycles. The molecule has 0 aromatic carbocycles. The van der Waals surface area contributed by atoms with Crippen molar-refractivity contribution in [2.24, 2.45) is 17.8 Å². The average Bonchev–Trinajstić information content (AvgIpc) is 2.51. The first-order valence-corrected chi connectivity index (χ1v) is 10.7. The Morgan fingerprint density at radius 1 is 0.833 bits per heavy atom. The first kappa shape index (κ1) is 23.7. The van der Waals surface area contributed by atoms with Gasteiger partial charge in [-0.05, 0) is 43.9 Å². The van der Waals surface area contributed by atoms with E-state index in [-0.39, 0.29) is 0 Å². The molecule has 0 aromatic heterocycles. The predicted molar refractivity (Wildman–Crippen MR) is 110 cm³/mol. The van der Waals surface area contributed by atoms with Crippen molar-refractivity contribution in [2.75, 3.05) is 13.2 Å². The molecule has 144 valence electrons. The predicted octanol–water partition coefficient (Wildman–Crippen LogP) is 7.80. The molecular formula is C23H46O. The lowest BCUT2D eigenvalue weighted by Crippen LogP contribution is -2.00. The highest BCUT2D eigenvalue weighted by Crippen LogP contribution is 2.22. The molecule has 0 aliphatic carbocycles. The van der Waals surface area contributed by atoms with Crippen LogP contribution in [0.4, 0.5) is 0 Å². The summed E-state index contributed by atoms with van der Waals surface area (Å²) in [6.45, 7) is 15.6. The van der Waals surface area contributed by atoms with Crippen LogP contribution in [0.3, 0.4) is 0 Å². The molecule has 2 unspecified atom stereocenters. The molecular weight excluding hydrogens is 292 g/mol. The monoisotopic (exact) mass is 338 g/mol. The van der Waals surface area contributed by atoms with Crippen LogP contribution in [0.5, 0.6) is 0 Å². The molecule has 0 aliphatic heterocycles. The Morgan fingerprint density at radius 2 is 1.38 bits per heavy atom. The van der Waals surface area contributed by atoms with Gasteiger partial charge < -0.3 is 4.74 Å². The highest BCUT2D eigenvalue weighted by molar-refractivity contribution is 4.97. The first-order valence-electron chi connectivity index (χ1n) is 10.7. The molecule has 1 nitrogen and oxygen atoms in total. The zero-order valence-electron chi connectivity index (χ0n) is 17.7. The number of hydrogen-bond donors (Lipinski definition) is 0. The van der Waals surface area contributed by atoms with Gasteiger partial charge in [-0.25, -0.2) is 0 Å². The van der Waals surface area contributed by atoms with E-state index in [0.717, 1.165) is 37.4 Å². The Kier molecular flexibility index (Phi) is 16.0. The van der Waals surface area contributed by atoms with Crippen molar-refractivity contribution in [3.63, 3.8) is 0 Å². The summed E-state index contributed by atoms with van der Waals surface area (Å²) in [5.41, 5.74) is 1.50. The Morgan fingerprint density at radius 3 is 1.92 bits per heavy atom. The molecule has 0 radical (unpaired) electrons. The van der Waals surface area contributed by atoms with Crippen LogP contribution in [-0.4, -0.2) is 13.2 Å². The molecule has 2 atom stereocenters. The van der Waals surface area contributed by atoms with E-state index in [9.17, 15) is 0 Å². The van der Waals surface area contributed by atoms with Crippen LogP contribution in [0.15, 0.2) is 11.6 Å². The third kappa shape index (κ3) is 16.6. The van der Waals surface area contributed by atoms with Gasteiger partial charge in [0.25, 0.3) is 0 Å². The second kappa shape index (κ2) is 16.2. The highest BCUT2D eigenvalue weighted by atomic mass is 16.5. The molecule has 0 saturated carbocycles. The van der Waals surface area contributed by atoms with Crippen LogP contribution in [0.1, 0.15) is 106 Å². The third-order valence-corrected chi connectivity index (χ3v) is 5.04. The zero-order chi connectivity index (χ0) is 18.2. The van der Waals surface area contributed by atoms with Crippen LogP contribution in [0.2, 0.25) is 0 Å². The summed E-state index contributed by atoms with van der Waals surface area (Å²) in [5, 5.41) is 0. The highest BCUT2D eigenvalue weighted by Gasteiger charge is 2.06. The van der Waals surface area contributed by atoms with Gasteiger partial charge in [-0.2, -0.15) is 0 Å². The maximum absolute atomic E-state index is 5.52. The van der Waals surface area contributed by atoms with Crippen molar-refractivity contribution in [1.29, 1.82) is 0 Å². The van der Waals surface area contributed by atoms with Crippen molar-refractivity contribution < 1.29 is 4.74 Å². The summed E-state index contributed by atoms with van der Waals surface area (Å²) in [4.78, 5) is 0. The van der Waals surface area contributed by atoms with Gasteiger partial charge in [0.2, 0.25) is 0 Å². The van der Waals surface area contributed by atoms with Gasteiger partial charge in [0.1, 0.15) is 0 Å². The molecule has 0 bridgehead atoms. The Hall–Kier alpha value is -0.300. The number of ether oxygens (including phenoxy) is 1. The van der Waals surface area contributed by atoms with Crippen LogP contribution in [0, 0.1) is 17.8 Å². The van der Waals surface area contributed by atoms with Gasteiger partial charge in [-0.15, -0.1) is 0 Å². The lowest BCUT2D eigenvalue weighted by atomic mass is 9.91. The fourth-order valence-electron chi connectivity index (χ4n) is 3.24. The van der Waals surface area contributed by atoms with Crippen LogP contribution >= 0.6 is 0 Å². The standard InChI is InChI=1S/C23H46O/c1-7-18-24-19-17-23(6)16-10-15-22(5)14-9-13-21(4)12-8-11-20(2)3/h17,20-22H,7-16,18-19H2,1-6H3/b23-17+. The Balaban J connectivity index is 3.56. The molecule has 0 amide bonds. The average molecular weight is 339 g/mol. The van der Waals surface area contributed by atoms with Gasteiger partial charge in [0.05, 0.1) is 6.61 Å². The van der Waals surface area contributed by atoms with Gasteiger partial charge >= 0.3 is 0 Å². The fraction of sp³-hybridized carbons (Fsp3) is 0.913. The molecule has 0 N–H and O–H groups in total. The minimum absolute atomic E-state index is 0.796. The summed E-state index contributed by atoms with van der Waals surface area (Å²) in [6.07, 6.45) is 15.8. The van der Waals surface area contributed by atoms with Crippen molar-refractivity contribution in [1.82, 2.24) is 0 Å². The van der Waals surface area contributed by atoms with Gasteiger partial charge in [0.15, 0.2) is 0 Å². The lowest BCUT2D eigenvalue weighted by Gasteiger charge is -2.15. The lowest BCUT2D eigenvalue weighted by molar-refractivity contribution is 0.162. The van der Waals surface area contributed by atoms with E-state index in [1.807, 2.05) is 0 Å². The van der Waals surface area contributed by atoms with Crippen LogP contribution in [0.25, 0.3) is 0 Å². The minimum atomic E-state index is 0.796. The van der Waals surface area contributed by atoms with E-state index in [0.29, 0.717) is 0 Å². The van der Waals surface area contributed by atoms with E-state index >= 15 is 0 Å². The van der Waals surface area contributed by atoms with Crippen molar-refractivity contribution in [3.05, 3.63) is 11.6 Å². The number of allylic oxidation sites excluding steroid dienone is 1. The molecule has 0 fully saturated rings. The minimum Gasteiger partial charge on any atom is -0.377 e. The molecule has 0 aliphatic rings. The summed E-state index contributed by atoms with van der Waals surface area (Å²) < 4.78 is 5.52. The smallest absolute Gasteiger partial charge is 0.0649 e. The maximum atomic E-state index is 5.52. The maximum Gasteiger partial charge on any atom is 0.0649 e. The molecule has 0 spiro atoms. The van der Waals surface area contributed by atoms with Gasteiger partial charge in [-0.1, -0.05) is 91.2 Å². The molecule has 0 rings (SSSR count). The second-order valence-corrected chi connectivity index (χ2v) is 8.48. The van der Waals surface area contributed by atoms with Crippen LogP contribution in [-0.2, 0) is 4.74 Å². The molecule has 24 heavy (non-hydrogen) atoms. The molecule has 0 aromatic rings. The summed E-state index contributed by atoms with van der Waals surface area (Å²) in [7, 11) is 0. The normalized spacial score (nSPS) is 15.0. The van der Waals surface area contributed by atoms with E-state index < -0.39 is 0 Å². The van der Waals surface area contributed by atoms with Gasteiger partial charge in [0, 0.05) is 6.61 Å². The largest absolute Gasteiger partial charge is 0.377 e. The van der Waals surface area contributed by atoms with E-state index in [2.05, 4.69) is 47.6 Å². The molecule has 1 heteroatoms. The third-order valence-electron chi connectivity index (χ3n) is 5.04. The first-order chi connectivity index (χ1) is 11.5. The van der Waals surface area contributed by atoms with Crippen molar-refractivity contribution in [2.45, 2.75) is 106 Å².